The first-order valence-electron chi connectivity index (χ1n) is 7.74. The molecule has 1 saturated carbocycles. The lowest BCUT2D eigenvalue weighted by Gasteiger charge is -2.26. The summed E-state index contributed by atoms with van der Waals surface area (Å²) in [5.74, 6) is 0.231. The van der Waals surface area contributed by atoms with Gasteiger partial charge in [-0.05, 0) is 42.8 Å². The molecule has 0 aliphatic heterocycles. The highest BCUT2D eigenvalue weighted by Gasteiger charge is 2.43. The van der Waals surface area contributed by atoms with Crippen molar-refractivity contribution in [2.45, 2.75) is 44.1 Å². The number of carbonyl (C=O) groups excluding carboxylic acids is 1. The van der Waals surface area contributed by atoms with Gasteiger partial charge in [-0.25, -0.2) is 0 Å². The van der Waals surface area contributed by atoms with E-state index >= 15 is 0 Å². The van der Waals surface area contributed by atoms with E-state index in [4.69, 9.17) is 0 Å². The fraction of sp³-hybridized carbons (Fsp3) is 0.471. The number of thiophene rings is 1. The summed E-state index contributed by atoms with van der Waals surface area (Å²) in [5.41, 5.74) is -0.248. The van der Waals surface area contributed by atoms with Gasteiger partial charge in [-0.1, -0.05) is 18.9 Å². The average molecular weight is 302 g/mol. The SMILES string of the molecule is O=C(NCCCn1cccc1)C1(c2cccs2)CCCC1. The number of hydrogen-bond donors (Lipinski definition) is 1. The van der Waals surface area contributed by atoms with Crippen molar-refractivity contribution in [1.82, 2.24) is 9.88 Å². The fourth-order valence-electron chi connectivity index (χ4n) is 3.27. The zero-order valence-corrected chi connectivity index (χ0v) is 13.1. The van der Waals surface area contributed by atoms with Gasteiger partial charge in [-0.2, -0.15) is 0 Å². The monoisotopic (exact) mass is 302 g/mol. The molecule has 0 saturated heterocycles. The summed E-state index contributed by atoms with van der Waals surface area (Å²) in [4.78, 5) is 14.0. The lowest BCUT2D eigenvalue weighted by Crippen LogP contribution is -2.42. The molecule has 2 heterocycles. The van der Waals surface area contributed by atoms with E-state index < -0.39 is 0 Å². The van der Waals surface area contributed by atoms with Crippen LogP contribution in [0.15, 0.2) is 42.0 Å². The van der Waals surface area contributed by atoms with Crippen LogP contribution in [0.1, 0.15) is 37.0 Å². The maximum Gasteiger partial charge on any atom is 0.231 e. The Morgan fingerprint density at radius 2 is 2.00 bits per heavy atom. The molecule has 21 heavy (non-hydrogen) atoms. The van der Waals surface area contributed by atoms with Crippen LogP contribution in [-0.4, -0.2) is 17.0 Å². The van der Waals surface area contributed by atoms with Crippen molar-refractivity contribution in [1.29, 1.82) is 0 Å². The van der Waals surface area contributed by atoms with Crippen molar-refractivity contribution in [2.24, 2.45) is 0 Å². The van der Waals surface area contributed by atoms with Gasteiger partial charge in [0.05, 0.1) is 5.41 Å². The molecule has 1 fully saturated rings. The van der Waals surface area contributed by atoms with Gasteiger partial charge in [-0.15, -0.1) is 11.3 Å². The predicted octanol–water partition coefficient (Wildman–Crippen LogP) is 3.57. The van der Waals surface area contributed by atoms with Crippen molar-refractivity contribution in [3.8, 4) is 0 Å². The van der Waals surface area contributed by atoms with Crippen LogP contribution in [-0.2, 0) is 16.8 Å². The maximum absolute atomic E-state index is 12.7. The zero-order chi connectivity index (χ0) is 14.5. The van der Waals surface area contributed by atoms with Crippen LogP contribution in [0.3, 0.4) is 0 Å². The van der Waals surface area contributed by atoms with Crippen molar-refractivity contribution in [3.63, 3.8) is 0 Å². The molecule has 2 aromatic rings. The topological polar surface area (TPSA) is 34.0 Å². The number of aromatic nitrogens is 1. The number of rotatable bonds is 6. The van der Waals surface area contributed by atoms with E-state index in [1.54, 1.807) is 11.3 Å². The molecule has 0 spiro atoms. The largest absolute Gasteiger partial charge is 0.355 e. The molecule has 2 aromatic heterocycles. The molecule has 112 valence electrons. The lowest BCUT2D eigenvalue weighted by molar-refractivity contribution is -0.126. The number of carbonyl (C=O) groups is 1. The molecular weight excluding hydrogens is 280 g/mol. The first-order valence-corrected chi connectivity index (χ1v) is 8.62. The van der Waals surface area contributed by atoms with Crippen LogP contribution in [0.4, 0.5) is 0 Å². The molecule has 1 N–H and O–H groups in total. The Balaban J connectivity index is 1.55. The molecule has 1 aliphatic carbocycles. The number of amides is 1. The number of hydrogen-bond acceptors (Lipinski definition) is 2. The van der Waals surface area contributed by atoms with Gasteiger partial charge in [0.25, 0.3) is 0 Å². The van der Waals surface area contributed by atoms with Crippen molar-refractivity contribution in [3.05, 3.63) is 46.9 Å². The number of aryl methyl sites for hydroxylation is 1. The first kappa shape index (κ1) is 14.4. The number of nitrogens with one attached hydrogen (secondary N) is 1. The van der Waals surface area contributed by atoms with E-state index in [-0.39, 0.29) is 11.3 Å². The van der Waals surface area contributed by atoms with Crippen LogP contribution >= 0.6 is 11.3 Å². The second-order valence-corrected chi connectivity index (χ2v) is 6.74. The van der Waals surface area contributed by atoms with E-state index in [1.807, 2.05) is 12.1 Å². The van der Waals surface area contributed by atoms with Gasteiger partial charge in [0, 0.05) is 30.4 Å². The molecule has 3 nitrogen and oxygen atoms in total. The van der Waals surface area contributed by atoms with Crippen LogP contribution < -0.4 is 5.32 Å². The van der Waals surface area contributed by atoms with Gasteiger partial charge >= 0.3 is 0 Å². The van der Waals surface area contributed by atoms with Gasteiger partial charge in [0.2, 0.25) is 5.91 Å². The number of nitrogens with zero attached hydrogens (tertiary/aromatic N) is 1. The van der Waals surface area contributed by atoms with Gasteiger partial charge in [-0.3, -0.25) is 4.79 Å². The quantitative estimate of drug-likeness (QED) is 0.813. The standard InChI is InChI=1S/C17H22N2OS/c20-16(18-10-6-13-19-11-3-4-12-19)17(8-1-2-9-17)15-7-5-14-21-15/h3-5,7,11-12,14H,1-2,6,8-10,13H2,(H,18,20). The summed E-state index contributed by atoms with van der Waals surface area (Å²) in [7, 11) is 0. The summed E-state index contributed by atoms with van der Waals surface area (Å²) in [6.45, 7) is 1.71. The predicted molar refractivity (Wildman–Crippen MR) is 86.5 cm³/mol. The minimum Gasteiger partial charge on any atom is -0.355 e. The zero-order valence-electron chi connectivity index (χ0n) is 12.3. The van der Waals surface area contributed by atoms with Gasteiger partial charge < -0.3 is 9.88 Å². The van der Waals surface area contributed by atoms with E-state index in [0.29, 0.717) is 0 Å². The lowest BCUT2D eigenvalue weighted by atomic mass is 9.83. The molecule has 0 bridgehead atoms. The Hall–Kier alpha value is -1.55. The van der Waals surface area contributed by atoms with Crippen LogP contribution in [0, 0.1) is 0 Å². The summed E-state index contributed by atoms with van der Waals surface area (Å²) < 4.78 is 2.15. The van der Waals surface area contributed by atoms with E-state index in [9.17, 15) is 4.79 Å². The second-order valence-electron chi connectivity index (χ2n) is 5.80. The van der Waals surface area contributed by atoms with E-state index in [2.05, 4.69) is 39.8 Å². The fourth-order valence-corrected chi connectivity index (χ4v) is 4.25. The van der Waals surface area contributed by atoms with E-state index in [0.717, 1.165) is 45.2 Å². The second kappa shape index (κ2) is 6.48. The highest BCUT2D eigenvalue weighted by atomic mass is 32.1. The molecule has 0 aromatic carbocycles. The minimum atomic E-state index is -0.248. The molecule has 0 unspecified atom stereocenters. The Morgan fingerprint density at radius 1 is 1.24 bits per heavy atom. The summed E-state index contributed by atoms with van der Waals surface area (Å²) >= 11 is 1.72. The first-order chi connectivity index (χ1) is 10.3. The third-order valence-electron chi connectivity index (χ3n) is 4.43. The summed E-state index contributed by atoms with van der Waals surface area (Å²) in [6, 6.07) is 8.24. The molecule has 1 amide bonds. The Labute approximate surface area is 130 Å². The Kier molecular flexibility index (Phi) is 4.44. The van der Waals surface area contributed by atoms with Crippen LogP contribution in [0.5, 0.6) is 0 Å². The molecule has 4 heteroatoms. The van der Waals surface area contributed by atoms with Crippen molar-refractivity contribution in [2.75, 3.05) is 6.54 Å². The van der Waals surface area contributed by atoms with Gasteiger partial charge in [0.15, 0.2) is 0 Å². The van der Waals surface area contributed by atoms with Gasteiger partial charge in [0.1, 0.15) is 0 Å². The maximum atomic E-state index is 12.7. The summed E-state index contributed by atoms with van der Waals surface area (Å²) in [5, 5.41) is 5.25. The molecule has 3 rings (SSSR count). The average Bonchev–Trinajstić information content (AvgIpc) is 3.25. The minimum absolute atomic E-state index is 0.231. The van der Waals surface area contributed by atoms with Crippen molar-refractivity contribution < 1.29 is 4.79 Å². The smallest absolute Gasteiger partial charge is 0.231 e. The molecule has 0 radical (unpaired) electrons. The van der Waals surface area contributed by atoms with E-state index in [1.165, 1.54) is 4.88 Å². The molecular formula is C17H22N2OS. The van der Waals surface area contributed by atoms with Crippen LogP contribution in [0.2, 0.25) is 0 Å². The Bertz CT molecular complexity index is 554. The highest BCUT2D eigenvalue weighted by molar-refractivity contribution is 7.10. The summed E-state index contributed by atoms with van der Waals surface area (Å²) in [6.07, 6.45) is 9.41. The highest BCUT2D eigenvalue weighted by Crippen LogP contribution is 2.43. The third kappa shape index (κ3) is 3.05. The third-order valence-corrected chi connectivity index (χ3v) is 5.50. The van der Waals surface area contributed by atoms with Crippen molar-refractivity contribution >= 4 is 17.2 Å². The normalized spacial score (nSPS) is 17.0. The van der Waals surface area contributed by atoms with Crippen LogP contribution in [0.25, 0.3) is 0 Å². The Morgan fingerprint density at radius 3 is 2.67 bits per heavy atom. The molecule has 1 aliphatic rings. The molecule has 0 atom stereocenters.